The molecule has 1 heterocycles. The van der Waals surface area contributed by atoms with Crippen LogP contribution in [0.1, 0.15) is 23.1 Å². The molecule has 0 amide bonds. The Morgan fingerprint density at radius 3 is 2.08 bits per heavy atom. The van der Waals surface area contributed by atoms with E-state index in [0.29, 0.717) is 19.5 Å². The van der Waals surface area contributed by atoms with Crippen molar-refractivity contribution in [2.24, 2.45) is 0 Å². The molecule has 0 spiro atoms. The summed E-state index contributed by atoms with van der Waals surface area (Å²) in [6, 6.07) is 16.4. The van der Waals surface area contributed by atoms with Crippen LogP contribution in [0, 0.1) is 13.8 Å². The summed E-state index contributed by atoms with van der Waals surface area (Å²) in [4.78, 5) is 2.32. The number of aryl methyl sites for hydroxylation is 3. The normalized spacial score (nSPS) is 16.0. The Labute approximate surface area is 157 Å². The van der Waals surface area contributed by atoms with E-state index in [-0.39, 0.29) is 5.75 Å². The highest BCUT2D eigenvalue weighted by atomic mass is 32.2. The number of hydrogen-bond donors (Lipinski definition) is 0. The van der Waals surface area contributed by atoms with Crippen molar-refractivity contribution in [1.82, 2.24) is 4.31 Å². The quantitative estimate of drug-likeness (QED) is 0.780. The van der Waals surface area contributed by atoms with E-state index in [9.17, 15) is 8.42 Å². The largest absolute Gasteiger partial charge is 0.368 e. The molecule has 0 aliphatic carbocycles. The molecule has 0 radical (unpaired) electrons. The van der Waals surface area contributed by atoms with Gasteiger partial charge in [0, 0.05) is 31.9 Å². The lowest BCUT2D eigenvalue weighted by atomic mass is 10.1. The summed E-state index contributed by atoms with van der Waals surface area (Å²) >= 11 is 0. The first-order valence-corrected chi connectivity index (χ1v) is 10.9. The second kappa shape index (κ2) is 8.23. The van der Waals surface area contributed by atoms with Crippen LogP contribution in [0.5, 0.6) is 0 Å². The van der Waals surface area contributed by atoms with Gasteiger partial charge in [0.05, 0.1) is 5.75 Å². The zero-order chi connectivity index (χ0) is 18.6. The molecule has 0 atom stereocenters. The highest BCUT2D eigenvalue weighted by molar-refractivity contribution is 7.89. The van der Waals surface area contributed by atoms with Crippen LogP contribution in [0.3, 0.4) is 0 Å². The van der Waals surface area contributed by atoms with Crippen molar-refractivity contribution in [3.8, 4) is 0 Å². The summed E-state index contributed by atoms with van der Waals surface area (Å²) < 4.78 is 27.0. The predicted molar refractivity (Wildman–Crippen MR) is 108 cm³/mol. The third-order valence-electron chi connectivity index (χ3n) is 5.10. The van der Waals surface area contributed by atoms with Gasteiger partial charge in [-0.15, -0.1) is 0 Å². The predicted octanol–water partition coefficient (Wildman–Crippen LogP) is 3.39. The van der Waals surface area contributed by atoms with Crippen LogP contribution in [0.15, 0.2) is 48.5 Å². The summed E-state index contributed by atoms with van der Waals surface area (Å²) in [5, 5.41) is 0. The fraction of sp³-hybridized carbons (Fsp3) is 0.429. The average Bonchev–Trinajstić information content (AvgIpc) is 2.63. The zero-order valence-corrected chi connectivity index (χ0v) is 16.5. The van der Waals surface area contributed by atoms with Gasteiger partial charge in [0.1, 0.15) is 0 Å². The fourth-order valence-corrected chi connectivity index (χ4v) is 5.21. The minimum atomic E-state index is -3.17. The van der Waals surface area contributed by atoms with Gasteiger partial charge in [-0.05, 0) is 43.4 Å². The number of hydrogen-bond acceptors (Lipinski definition) is 3. The number of para-hydroxylation sites is 1. The van der Waals surface area contributed by atoms with Crippen molar-refractivity contribution in [3.05, 3.63) is 65.2 Å². The molecule has 1 saturated heterocycles. The van der Waals surface area contributed by atoms with Gasteiger partial charge in [-0.1, -0.05) is 48.5 Å². The number of benzene rings is 2. The van der Waals surface area contributed by atoms with E-state index >= 15 is 0 Å². The molecule has 140 valence electrons. The Hall–Kier alpha value is -1.85. The lowest BCUT2D eigenvalue weighted by Crippen LogP contribution is -2.49. The highest BCUT2D eigenvalue weighted by Crippen LogP contribution is 2.26. The standard InChI is InChI=1S/C21H28N2O2S/c1-18-8-6-9-19(2)21(18)22-13-15-23(16-14-22)26(24,25)17-7-12-20-10-4-3-5-11-20/h3-6,8-11H,7,12-17H2,1-2H3. The van der Waals surface area contributed by atoms with Crippen molar-refractivity contribution >= 4 is 15.7 Å². The third-order valence-corrected chi connectivity index (χ3v) is 7.05. The van der Waals surface area contributed by atoms with E-state index in [4.69, 9.17) is 0 Å². The molecule has 0 unspecified atom stereocenters. The van der Waals surface area contributed by atoms with Crippen molar-refractivity contribution < 1.29 is 8.42 Å². The van der Waals surface area contributed by atoms with Crippen molar-refractivity contribution in [2.45, 2.75) is 26.7 Å². The molecule has 1 fully saturated rings. The molecule has 1 aliphatic rings. The molecule has 2 aromatic rings. The zero-order valence-electron chi connectivity index (χ0n) is 15.7. The number of piperazine rings is 1. The minimum Gasteiger partial charge on any atom is -0.368 e. The van der Waals surface area contributed by atoms with Gasteiger partial charge >= 0.3 is 0 Å². The van der Waals surface area contributed by atoms with E-state index in [0.717, 1.165) is 19.5 Å². The molecule has 2 aromatic carbocycles. The maximum atomic E-state index is 12.7. The monoisotopic (exact) mass is 372 g/mol. The van der Waals surface area contributed by atoms with Crippen LogP contribution in [-0.2, 0) is 16.4 Å². The molecule has 0 saturated carbocycles. The van der Waals surface area contributed by atoms with Crippen molar-refractivity contribution in [2.75, 3.05) is 36.8 Å². The molecule has 4 nitrogen and oxygen atoms in total. The van der Waals surface area contributed by atoms with Crippen LogP contribution in [0.4, 0.5) is 5.69 Å². The molecular weight excluding hydrogens is 344 g/mol. The van der Waals surface area contributed by atoms with Crippen molar-refractivity contribution in [3.63, 3.8) is 0 Å². The minimum absolute atomic E-state index is 0.227. The van der Waals surface area contributed by atoms with Gasteiger partial charge < -0.3 is 4.90 Å². The summed E-state index contributed by atoms with van der Waals surface area (Å²) in [7, 11) is -3.17. The van der Waals surface area contributed by atoms with Crippen LogP contribution in [-0.4, -0.2) is 44.7 Å². The Morgan fingerprint density at radius 2 is 1.46 bits per heavy atom. The molecule has 0 N–H and O–H groups in total. The molecule has 3 rings (SSSR count). The number of nitrogens with zero attached hydrogens (tertiary/aromatic N) is 2. The lowest BCUT2D eigenvalue weighted by molar-refractivity contribution is 0.384. The van der Waals surface area contributed by atoms with Crippen LogP contribution >= 0.6 is 0 Å². The Kier molecular flexibility index (Phi) is 5.99. The molecule has 1 aliphatic heterocycles. The van der Waals surface area contributed by atoms with Crippen LogP contribution in [0.25, 0.3) is 0 Å². The smallest absolute Gasteiger partial charge is 0.214 e. The summed E-state index contributed by atoms with van der Waals surface area (Å²) in [5.74, 6) is 0.227. The maximum Gasteiger partial charge on any atom is 0.214 e. The van der Waals surface area contributed by atoms with Gasteiger partial charge in [0.15, 0.2) is 0 Å². The summed E-state index contributed by atoms with van der Waals surface area (Å²) in [6.45, 7) is 6.89. The molecule has 26 heavy (non-hydrogen) atoms. The van der Waals surface area contributed by atoms with Gasteiger partial charge in [0.2, 0.25) is 10.0 Å². The molecular formula is C21H28N2O2S. The van der Waals surface area contributed by atoms with Gasteiger partial charge in [-0.3, -0.25) is 0 Å². The average molecular weight is 373 g/mol. The molecule has 0 aromatic heterocycles. The van der Waals surface area contributed by atoms with E-state index in [2.05, 4.69) is 49.1 Å². The summed E-state index contributed by atoms with van der Waals surface area (Å²) in [6.07, 6.45) is 1.48. The third kappa shape index (κ3) is 4.46. The number of rotatable bonds is 6. The van der Waals surface area contributed by atoms with Crippen molar-refractivity contribution in [1.29, 1.82) is 0 Å². The lowest BCUT2D eigenvalue weighted by Gasteiger charge is -2.37. The topological polar surface area (TPSA) is 40.6 Å². The molecule has 5 heteroatoms. The fourth-order valence-electron chi connectivity index (χ4n) is 3.73. The first-order valence-electron chi connectivity index (χ1n) is 9.30. The Morgan fingerprint density at radius 1 is 0.846 bits per heavy atom. The highest BCUT2D eigenvalue weighted by Gasteiger charge is 2.27. The van der Waals surface area contributed by atoms with E-state index in [1.807, 2.05) is 18.2 Å². The van der Waals surface area contributed by atoms with Gasteiger partial charge in [-0.25, -0.2) is 8.42 Å². The van der Waals surface area contributed by atoms with Crippen LogP contribution in [0.2, 0.25) is 0 Å². The van der Waals surface area contributed by atoms with Gasteiger partial charge in [-0.2, -0.15) is 4.31 Å². The first kappa shape index (κ1) is 18.9. The Balaban J connectivity index is 1.55. The second-order valence-corrected chi connectivity index (χ2v) is 9.12. The van der Waals surface area contributed by atoms with E-state index in [1.54, 1.807) is 4.31 Å². The van der Waals surface area contributed by atoms with Gasteiger partial charge in [0.25, 0.3) is 0 Å². The number of sulfonamides is 1. The second-order valence-electron chi connectivity index (χ2n) is 7.03. The maximum absolute atomic E-state index is 12.7. The first-order chi connectivity index (χ1) is 12.5. The van der Waals surface area contributed by atoms with Crippen LogP contribution < -0.4 is 4.90 Å². The van der Waals surface area contributed by atoms with E-state index in [1.165, 1.54) is 22.4 Å². The number of anilines is 1. The SMILES string of the molecule is Cc1cccc(C)c1N1CCN(S(=O)(=O)CCCc2ccccc2)CC1. The van der Waals surface area contributed by atoms with E-state index < -0.39 is 10.0 Å². The Bertz CT molecular complexity index is 806. The summed E-state index contributed by atoms with van der Waals surface area (Å²) in [5.41, 5.74) is 4.96. The molecule has 0 bridgehead atoms.